The number of halogens is 2. The molecule has 0 N–H and O–H groups in total. The lowest BCUT2D eigenvalue weighted by molar-refractivity contribution is 0.412. The molecule has 0 bridgehead atoms. The second-order valence-electron chi connectivity index (χ2n) is 6.79. The van der Waals surface area contributed by atoms with Crippen molar-refractivity contribution >= 4 is 31.9 Å². The van der Waals surface area contributed by atoms with Crippen molar-refractivity contribution in [3.05, 3.63) is 93.9 Å². The molecule has 0 heterocycles. The quantitative estimate of drug-likeness (QED) is 0.262. The number of para-hydroxylation sites is 2. The Bertz CT molecular complexity index is 1070. The van der Waals surface area contributed by atoms with E-state index in [0.717, 1.165) is 53.8 Å². The Morgan fingerprint density at radius 2 is 0.800 bits per heavy atom. The number of methoxy groups -OCH3 is 2. The van der Waals surface area contributed by atoms with Gasteiger partial charge < -0.3 is 9.47 Å². The van der Waals surface area contributed by atoms with Gasteiger partial charge in [0.2, 0.25) is 0 Å². The number of benzene rings is 4. The Labute approximate surface area is 193 Å². The second kappa shape index (κ2) is 9.07. The van der Waals surface area contributed by atoms with Crippen LogP contribution in [0, 0.1) is 0 Å². The summed E-state index contributed by atoms with van der Waals surface area (Å²) in [7, 11) is 3.43. The molecule has 0 aromatic heterocycles. The van der Waals surface area contributed by atoms with E-state index in [-0.39, 0.29) is 0 Å². The first-order valence-corrected chi connectivity index (χ1v) is 11.1. The molecule has 150 valence electrons. The van der Waals surface area contributed by atoms with Crippen LogP contribution in [0.1, 0.15) is 0 Å². The third kappa shape index (κ3) is 4.03. The van der Waals surface area contributed by atoms with Gasteiger partial charge in [0.05, 0.1) is 14.2 Å². The molecule has 4 rings (SSSR count). The van der Waals surface area contributed by atoms with Gasteiger partial charge in [-0.25, -0.2) is 0 Å². The second-order valence-corrected chi connectivity index (χ2v) is 8.62. The van der Waals surface area contributed by atoms with Crippen LogP contribution in [0.5, 0.6) is 11.5 Å². The SMILES string of the molecule is COc1c(-c2ccc(Br)cc2)cccc1-c1cccc(-c2ccc(Br)cc2)c1OC. The van der Waals surface area contributed by atoms with E-state index in [4.69, 9.17) is 9.47 Å². The summed E-state index contributed by atoms with van der Waals surface area (Å²) in [6.07, 6.45) is 0. The van der Waals surface area contributed by atoms with Crippen molar-refractivity contribution in [1.82, 2.24) is 0 Å². The monoisotopic (exact) mass is 522 g/mol. The van der Waals surface area contributed by atoms with Gasteiger partial charge in [-0.1, -0.05) is 92.5 Å². The fraction of sp³-hybridized carbons (Fsp3) is 0.0769. The topological polar surface area (TPSA) is 18.5 Å². The van der Waals surface area contributed by atoms with Crippen LogP contribution in [0.4, 0.5) is 0 Å². The Hall–Kier alpha value is -2.56. The summed E-state index contributed by atoms with van der Waals surface area (Å²) in [5.41, 5.74) is 6.26. The molecular weight excluding hydrogens is 504 g/mol. The zero-order valence-electron chi connectivity index (χ0n) is 16.7. The first-order chi connectivity index (χ1) is 14.6. The van der Waals surface area contributed by atoms with Crippen molar-refractivity contribution < 1.29 is 9.47 Å². The number of hydrogen-bond acceptors (Lipinski definition) is 2. The molecule has 0 fully saturated rings. The molecule has 0 aliphatic carbocycles. The number of ether oxygens (including phenoxy) is 2. The fourth-order valence-corrected chi connectivity index (χ4v) is 4.18. The summed E-state index contributed by atoms with van der Waals surface area (Å²) >= 11 is 7.01. The highest BCUT2D eigenvalue weighted by Crippen LogP contribution is 2.45. The molecule has 0 unspecified atom stereocenters. The molecule has 0 radical (unpaired) electrons. The van der Waals surface area contributed by atoms with Crippen molar-refractivity contribution in [3.8, 4) is 44.9 Å². The molecule has 0 aliphatic rings. The van der Waals surface area contributed by atoms with Crippen LogP contribution in [0.2, 0.25) is 0 Å². The minimum Gasteiger partial charge on any atom is -0.495 e. The maximum atomic E-state index is 5.90. The third-order valence-electron chi connectivity index (χ3n) is 5.04. The highest BCUT2D eigenvalue weighted by molar-refractivity contribution is 9.10. The maximum Gasteiger partial charge on any atom is 0.134 e. The van der Waals surface area contributed by atoms with Gasteiger partial charge in [-0.2, -0.15) is 0 Å². The average Bonchev–Trinajstić information content (AvgIpc) is 2.79. The highest BCUT2D eigenvalue weighted by atomic mass is 79.9. The lowest BCUT2D eigenvalue weighted by atomic mass is 9.93. The van der Waals surface area contributed by atoms with Gasteiger partial charge in [-0.3, -0.25) is 0 Å². The van der Waals surface area contributed by atoms with Gasteiger partial charge in [0, 0.05) is 31.2 Å². The zero-order chi connectivity index (χ0) is 21.1. The van der Waals surface area contributed by atoms with Crippen molar-refractivity contribution in [1.29, 1.82) is 0 Å². The van der Waals surface area contributed by atoms with Crippen molar-refractivity contribution in [2.45, 2.75) is 0 Å². The van der Waals surface area contributed by atoms with E-state index in [0.29, 0.717) is 0 Å². The minimum absolute atomic E-state index is 0.825. The summed E-state index contributed by atoms with van der Waals surface area (Å²) in [6.45, 7) is 0. The maximum absolute atomic E-state index is 5.90. The third-order valence-corrected chi connectivity index (χ3v) is 6.10. The molecule has 0 spiro atoms. The Balaban J connectivity index is 1.90. The summed E-state index contributed by atoms with van der Waals surface area (Å²) in [6, 6.07) is 28.9. The minimum atomic E-state index is 0.825. The van der Waals surface area contributed by atoms with E-state index >= 15 is 0 Å². The molecule has 0 saturated heterocycles. The van der Waals surface area contributed by atoms with Gasteiger partial charge in [0.1, 0.15) is 11.5 Å². The first-order valence-electron chi connectivity index (χ1n) is 9.48. The van der Waals surface area contributed by atoms with Crippen LogP contribution in [0.3, 0.4) is 0 Å². The molecule has 4 aromatic carbocycles. The van der Waals surface area contributed by atoms with Gasteiger partial charge in [0.25, 0.3) is 0 Å². The normalized spacial score (nSPS) is 10.7. The van der Waals surface area contributed by atoms with Crippen molar-refractivity contribution in [2.75, 3.05) is 14.2 Å². The predicted molar refractivity (Wildman–Crippen MR) is 131 cm³/mol. The largest absolute Gasteiger partial charge is 0.495 e. The van der Waals surface area contributed by atoms with E-state index in [9.17, 15) is 0 Å². The lowest BCUT2D eigenvalue weighted by Gasteiger charge is -2.18. The molecular formula is C26H20Br2O2. The number of rotatable bonds is 5. The predicted octanol–water partition coefficient (Wildman–Crippen LogP) is 8.23. The van der Waals surface area contributed by atoms with Crippen LogP contribution in [-0.4, -0.2) is 14.2 Å². The molecule has 4 heteroatoms. The van der Waals surface area contributed by atoms with Gasteiger partial charge in [-0.15, -0.1) is 0 Å². The van der Waals surface area contributed by atoms with E-state index in [1.165, 1.54) is 0 Å². The average molecular weight is 524 g/mol. The molecule has 2 nitrogen and oxygen atoms in total. The molecule has 0 aliphatic heterocycles. The van der Waals surface area contributed by atoms with E-state index in [1.807, 2.05) is 24.3 Å². The van der Waals surface area contributed by atoms with Crippen LogP contribution in [-0.2, 0) is 0 Å². The molecule has 30 heavy (non-hydrogen) atoms. The van der Waals surface area contributed by atoms with E-state index < -0.39 is 0 Å². The summed E-state index contributed by atoms with van der Waals surface area (Å²) in [5.74, 6) is 1.65. The Morgan fingerprint density at radius 1 is 0.467 bits per heavy atom. The van der Waals surface area contributed by atoms with E-state index in [1.54, 1.807) is 14.2 Å². The summed E-state index contributed by atoms with van der Waals surface area (Å²) in [4.78, 5) is 0. The molecule has 4 aromatic rings. The zero-order valence-corrected chi connectivity index (χ0v) is 19.8. The van der Waals surface area contributed by atoms with Crippen LogP contribution in [0.25, 0.3) is 33.4 Å². The van der Waals surface area contributed by atoms with Crippen molar-refractivity contribution in [2.24, 2.45) is 0 Å². The van der Waals surface area contributed by atoms with Crippen LogP contribution in [0.15, 0.2) is 93.9 Å². The molecule has 0 saturated carbocycles. The summed E-state index contributed by atoms with van der Waals surface area (Å²) in [5, 5.41) is 0. The van der Waals surface area contributed by atoms with Crippen molar-refractivity contribution in [3.63, 3.8) is 0 Å². The Morgan fingerprint density at radius 3 is 1.13 bits per heavy atom. The lowest BCUT2D eigenvalue weighted by Crippen LogP contribution is -1.96. The van der Waals surface area contributed by atoms with Gasteiger partial charge in [0.15, 0.2) is 0 Å². The van der Waals surface area contributed by atoms with Gasteiger partial charge >= 0.3 is 0 Å². The molecule has 0 atom stereocenters. The van der Waals surface area contributed by atoms with Crippen LogP contribution >= 0.6 is 31.9 Å². The van der Waals surface area contributed by atoms with Crippen LogP contribution < -0.4 is 9.47 Å². The summed E-state index contributed by atoms with van der Waals surface area (Å²) < 4.78 is 13.9. The first kappa shape index (κ1) is 20.7. The molecule has 0 amide bonds. The number of hydrogen-bond donors (Lipinski definition) is 0. The van der Waals surface area contributed by atoms with E-state index in [2.05, 4.69) is 92.5 Å². The van der Waals surface area contributed by atoms with Gasteiger partial charge in [-0.05, 0) is 35.4 Å². The fourth-order valence-electron chi connectivity index (χ4n) is 3.65. The standard InChI is InChI=1S/C26H20Br2O2/c1-29-25-21(17-9-13-19(27)14-10-17)5-3-7-23(25)24-8-4-6-22(26(24)30-2)18-11-15-20(28)16-12-18/h3-16H,1-2H3. The highest BCUT2D eigenvalue weighted by Gasteiger charge is 2.18. The Kier molecular flexibility index (Phi) is 6.26. The smallest absolute Gasteiger partial charge is 0.134 e.